The first kappa shape index (κ1) is 25.4. The third-order valence-electron chi connectivity index (χ3n) is 5.23. The highest BCUT2D eigenvalue weighted by Crippen LogP contribution is 2.42. The van der Waals surface area contributed by atoms with Gasteiger partial charge in [-0.25, -0.2) is 0 Å². The Labute approximate surface area is 223 Å². The molecule has 1 saturated heterocycles. The maximum absolute atomic E-state index is 13.5. The van der Waals surface area contributed by atoms with Crippen LogP contribution in [0.2, 0.25) is 5.02 Å². The van der Waals surface area contributed by atoms with Crippen LogP contribution in [0.25, 0.3) is 0 Å². The number of nitro groups is 1. The van der Waals surface area contributed by atoms with Crippen LogP contribution in [0.3, 0.4) is 0 Å². The number of thioether (sulfide) groups is 1. The fourth-order valence-electron chi connectivity index (χ4n) is 3.55. The minimum absolute atomic E-state index is 0.0801. The van der Waals surface area contributed by atoms with Crippen LogP contribution >= 0.6 is 39.3 Å². The van der Waals surface area contributed by atoms with Crippen LogP contribution in [-0.4, -0.2) is 22.0 Å². The van der Waals surface area contributed by atoms with E-state index in [1.165, 1.54) is 17.0 Å². The summed E-state index contributed by atoms with van der Waals surface area (Å²) < 4.78 is 0.796. The van der Waals surface area contributed by atoms with Crippen LogP contribution in [0.1, 0.15) is 5.56 Å². The topological polar surface area (TPSA) is 116 Å². The molecule has 0 aliphatic carbocycles. The number of amides is 2. The summed E-state index contributed by atoms with van der Waals surface area (Å²) in [5.41, 5.74) is 1.21. The predicted octanol–water partition coefficient (Wildman–Crippen LogP) is 6.08. The summed E-state index contributed by atoms with van der Waals surface area (Å²) in [6.45, 7) is 0. The van der Waals surface area contributed by atoms with Crippen molar-refractivity contribution in [1.82, 2.24) is 0 Å². The Morgan fingerprint density at radius 1 is 1.17 bits per heavy atom. The van der Waals surface area contributed by atoms with Crippen LogP contribution in [-0.2, 0) is 16.0 Å². The Morgan fingerprint density at radius 2 is 1.86 bits per heavy atom. The first-order valence-electron chi connectivity index (χ1n) is 10.5. The molecule has 2 amide bonds. The summed E-state index contributed by atoms with van der Waals surface area (Å²) >= 11 is 10.3. The number of rotatable bonds is 6. The zero-order chi connectivity index (χ0) is 25.8. The molecule has 1 aliphatic rings. The molecule has 4 rings (SSSR count). The molecule has 1 N–H and O–H groups in total. The van der Waals surface area contributed by atoms with E-state index in [0.717, 1.165) is 16.2 Å². The van der Waals surface area contributed by atoms with Gasteiger partial charge in [0.1, 0.15) is 16.7 Å². The number of nitrogens with zero attached hydrogens (tertiary/aromatic N) is 3. The number of carbonyl (C=O) groups excluding carboxylic acids is 2. The number of hydrogen-bond donors (Lipinski definition) is 1. The van der Waals surface area contributed by atoms with Crippen LogP contribution < -0.4 is 10.2 Å². The van der Waals surface area contributed by atoms with Gasteiger partial charge in [-0.2, -0.15) is 5.26 Å². The van der Waals surface area contributed by atoms with Gasteiger partial charge in [-0.15, -0.1) is 0 Å². The maximum atomic E-state index is 13.5. The first-order valence-corrected chi connectivity index (χ1v) is 12.5. The van der Waals surface area contributed by atoms with Gasteiger partial charge >= 0.3 is 0 Å². The smallest absolute Gasteiger partial charge is 0.269 e. The monoisotopic (exact) mass is 582 g/mol. The van der Waals surface area contributed by atoms with Crippen molar-refractivity contribution in [2.45, 2.75) is 11.7 Å². The summed E-state index contributed by atoms with van der Waals surface area (Å²) in [4.78, 5) is 38.6. The van der Waals surface area contributed by atoms with Gasteiger partial charge in [-0.1, -0.05) is 51.4 Å². The molecule has 8 nitrogen and oxygen atoms in total. The largest absolute Gasteiger partial charge is 0.321 e. The van der Waals surface area contributed by atoms with Crippen LogP contribution in [0.5, 0.6) is 0 Å². The SMILES string of the molecule is N#CC(C(=O)Nc1ccc(Cl)cc1)=C1SC(Cc2cccc([N+](=O)[O-])c2)C(=O)N1c1ccc(Br)cc1. The molecule has 1 atom stereocenters. The molecule has 0 saturated carbocycles. The van der Waals surface area contributed by atoms with Crippen molar-refractivity contribution in [2.24, 2.45) is 0 Å². The molecule has 1 aliphatic heterocycles. The molecule has 3 aromatic rings. The molecular formula is C25H16BrClN4O4S. The fraction of sp³-hybridized carbons (Fsp3) is 0.0800. The average Bonchev–Trinajstić information content (AvgIpc) is 3.17. The molecule has 3 aromatic carbocycles. The molecule has 11 heteroatoms. The van der Waals surface area contributed by atoms with E-state index in [2.05, 4.69) is 21.2 Å². The minimum Gasteiger partial charge on any atom is -0.321 e. The minimum atomic E-state index is -0.697. The lowest BCUT2D eigenvalue weighted by molar-refractivity contribution is -0.384. The molecule has 0 bridgehead atoms. The summed E-state index contributed by atoms with van der Waals surface area (Å²) in [5, 5.41) is 23.7. The number of nitrogens with one attached hydrogen (secondary N) is 1. The van der Waals surface area contributed by atoms with Gasteiger partial charge in [-0.05, 0) is 60.5 Å². The van der Waals surface area contributed by atoms with Crippen molar-refractivity contribution in [2.75, 3.05) is 10.2 Å². The van der Waals surface area contributed by atoms with E-state index in [0.29, 0.717) is 22.0 Å². The zero-order valence-corrected chi connectivity index (χ0v) is 21.5. The lowest BCUT2D eigenvalue weighted by atomic mass is 10.1. The van der Waals surface area contributed by atoms with Crippen molar-refractivity contribution in [1.29, 1.82) is 5.26 Å². The van der Waals surface area contributed by atoms with Crippen molar-refractivity contribution in [3.05, 3.63) is 109 Å². The number of nitriles is 1. The summed E-state index contributed by atoms with van der Waals surface area (Å²) in [7, 11) is 0. The zero-order valence-electron chi connectivity index (χ0n) is 18.4. The number of halogens is 2. The molecule has 0 spiro atoms. The molecule has 0 aromatic heterocycles. The molecule has 180 valence electrons. The van der Waals surface area contributed by atoms with Gasteiger partial charge < -0.3 is 5.32 Å². The van der Waals surface area contributed by atoms with Gasteiger partial charge in [0.2, 0.25) is 5.91 Å². The van der Waals surface area contributed by atoms with Gasteiger partial charge in [0, 0.05) is 33.0 Å². The first-order chi connectivity index (χ1) is 17.3. The van der Waals surface area contributed by atoms with E-state index in [1.807, 2.05) is 6.07 Å². The molecular weight excluding hydrogens is 568 g/mol. The molecule has 1 heterocycles. The van der Waals surface area contributed by atoms with E-state index in [4.69, 9.17) is 11.6 Å². The summed E-state index contributed by atoms with van der Waals surface area (Å²) in [5.74, 6) is -1.01. The van der Waals surface area contributed by atoms with E-state index in [9.17, 15) is 25.0 Å². The number of nitro benzene ring substituents is 1. The van der Waals surface area contributed by atoms with Gasteiger partial charge in [0.15, 0.2) is 0 Å². The van der Waals surface area contributed by atoms with Crippen molar-refractivity contribution >= 4 is 68.2 Å². The number of carbonyl (C=O) groups is 2. The third kappa shape index (κ3) is 5.60. The average molecular weight is 584 g/mol. The highest BCUT2D eigenvalue weighted by atomic mass is 79.9. The van der Waals surface area contributed by atoms with Crippen LogP contribution in [0, 0.1) is 21.4 Å². The van der Waals surface area contributed by atoms with E-state index >= 15 is 0 Å². The van der Waals surface area contributed by atoms with E-state index < -0.39 is 16.1 Å². The molecule has 1 unspecified atom stereocenters. The number of benzene rings is 3. The Hall–Kier alpha value is -3.65. The number of anilines is 2. The number of non-ortho nitro benzene ring substituents is 1. The standard InChI is InChI=1S/C25H16BrClN4O4S/c26-16-4-10-19(11-5-16)30-24(33)22(13-15-2-1-3-20(12-15)31(34)35)36-25(30)21(14-28)23(32)29-18-8-6-17(27)7-9-18/h1-12,22H,13H2,(H,29,32). The van der Waals surface area contributed by atoms with Gasteiger partial charge in [0.05, 0.1) is 10.2 Å². The second kappa shape index (κ2) is 11.0. The highest BCUT2D eigenvalue weighted by molar-refractivity contribution is 9.10. The van der Waals surface area contributed by atoms with Crippen LogP contribution in [0.4, 0.5) is 17.1 Å². The van der Waals surface area contributed by atoms with Crippen LogP contribution in [0.15, 0.2) is 87.9 Å². The normalized spacial score (nSPS) is 16.4. The van der Waals surface area contributed by atoms with E-state index in [-0.39, 0.29) is 28.6 Å². The van der Waals surface area contributed by atoms with Crippen molar-refractivity contribution in [3.63, 3.8) is 0 Å². The fourth-order valence-corrected chi connectivity index (χ4v) is 5.25. The maximum Gasteiger partial charge on any atom is 0.269 e. The second-order valence-electron chi connectivity index (χ2n) is 7.64. The third-order valence-corrected chi connectivity index (χ3v) is 7.28. The highest BCUT2D eigenvalue weighted by Gasteiger charge is 2.41. The Morgan fingerprint density at radius 3 is 2.50 bits per heavy atom. The Bertz CT molecular complexity index is 1420. The molecule has 0 radical (unpaired) electrons. The van der Waals surface area contributed by atoms with Gasteiger partial charge in [0.25, 0.3) is 11.6 Å². The number of hydrogen-bond acceptors (Lipinski definition) is 6. The lowest BCUT2D eigenvalue weighted by Crippen LogP contribution is -2.30. The predicted molar refractivity (Wildman–Crippen MR) is 143 cm³/mol. The molecule has 36 heavy (non-hydrogen) atoms. The summed E-state index contributed by atoms with van der Waals surface area (Å²) in [6.07, 6.45) is 0.180. The molecule has 1 fully saturated rings. The Balaban J connectivity index is 1.72. The van der Waals surface area contributed by atoms with Crippen molar-refractivity contribution in [3.8, 4) is 6.07 Å². The summed E-state index contributed by atoms with van der Waals surface area (Å²) in [6, 6.07) is 21.3. The van der Waals surface area contributed by atoms with Gasteiger partial charge in [-0.3, -0.25) is 24.6 Å². The Kier molecular flexibility index (Phi) is 7.74. The quantitative estimate of drug-likeness (QED) is 0.163. The van der Waals surface area contributed by atoms with Crippen molar-refractivity contribution < 1.29 is 14.5 Å². The lowest BCUT2D eigenvalue weighted by Gasteiger charge is -2.19. The van der Waals surface area contributed by atoms with E-state index in [1.54, 1.807) is 60.7 Å². The second-order valence-corrected chi connectivity index (χ2v) is 10.2.